The summed E-state index contributed by atoms with van der Waals surface area (Å²) in [5, 5.41) is 1.21. The highest BCUT2D eigenvalue weighted by atomic mass is 79.9. The fraction of sp³-hybridized carbons (Fsp3) is 0.375. The van der Waals surface area contributed by atoms with Crippen molar-refractivity contribution in [3.63, 3.8) is 0 Å². The van der Waals surface area contributed by atoms with Gasteiger partial charge in [-0.05, 0) is 84.7 Å². The zero-order valence-electron chi connectivity index (χ0n) is 16.8. The van der Waals surface area contributed by atoms with Crippen molar-refractivity contribution in [3.8, 4) is 16.9 Å². The van der Waals surface area contributed by atoms with Crippen LogP contribution in [0.5, 0.6) is 5.75 Å². The number of nitrogens with zero attached hydrogens (tertiary/aromatic N) is 1. The second kappa shape index (κ2) is 8.22. The van der Waals surface area contributed by atoms with Gasteiger partial charge in [0, 0.05) is 22.7 Å². The summed E-state index contributed by atoms with van der Waals surface area (Å²) < 4.78 is 12.3. The first-order valence-corrected chi connectivity index (χ1v) is 10.8. The van der Waals surface area contributed by atoms with Crippen molar-refractivity contribution in [2.45, 2.75) is 39.5 Å². The molecule has 0 radical (unpaired) electrons. The lowest BCUT2D eigenvalue weighted by Crippen LogP contribution is -2.09. The quantitative estimate of drug-likeness (QED) is 0.484. The molecule has 0 bridgehead atoms. The predicted octanol–water partition coefficient (Wildman–Crippen LogP) is 6.05. The van der Waals surface area contributed by atoms with Crippen LogP contribution in [0, 0.1) is 6.92 Å². The van der Waals surface area contributed by atoms with Crippen molar-refractivity contribution < 1.29 is 9.47 Å². The van der Waals surface area contributed by atoms with Crippen LogP contribution in [0.4, 0.5) is 0 Å². The average Bonchev–Trinajstić information content (AvgIpc) is 2.71. The molecule has 1 aliphatic heterocycles. The maximum atomic E-state index is 5.84. The summed E-state index contributed by atoms with van der Waals surface area (Å²) in [6, 6.07) is 11.0. The molecule has 0 saturated heterocycles. The minimum Gasteiger partial charge on any atom is -0.493 e. The van der Waals surface area contributed by atoms with Gasteiger partial charge in [0.2, 0.25) is 0 Å². The first kappa shape index (κ1) is 19.4. The Morgan fingerprint density at radius 2 is 2.07 bits per heavy atom. The molecule has 2 heterocycles. The number of benzene rings is 2. The van der Waals surface area contributed by atoms with E-state index in [1.165, 1.54) is 33.2 Å². The van der Waals surface area contributed by atoms with Crippen LogP contribution in [-0.4, -0.2) is 25.3 Å². The third-order valence-corrected chi connectivity index (χ3v) is 6.03. The zero-order valence-corrected chi connectivity index (χ0v) is 18.4. The average molecular weight is 440 g/mol. The molecule has 0 fully saturated rings. The molecule has 146 valence electrons. The highest BCUT2D eigenvalue weighted by molar-refractivity contribution is 9.10. The molecule has 0 N–H and O–H groups in total. The maximum absolute atomic E-state index is 5.84. The molecule has 1 aromatic heterocycles. The lowest BCUT2D eigenvalue weighted by Gasteiger charge is -2.21. The van der Waals surface area contributed by atoms with Gasteiger partial charge in [-0.25, -0.2) is 0 Å². The first-order chi connectivity index (χ1) is 13.6. The Morgan fingerprint density at radius 1 is 1.21 bits per heavy atom. The molecule has 0 aliphatic carbocycles. The van der Waals surface area contributed by atoms with E-state index in [0.29, 0.717) is 6.61 Å². The van der Waals surface area contributed by atoms with Crippen LogP contribution in [0.15, 0.2) is 34.8 Å². The third kappa shape index (κ3) is 3.56. The van der Waals surface area contributed by atoms with E-state index in [9.17, 15) is 0 Å². The molecule has 28 heavy (non-hydrogen) atoms. The van der Waals surface area contributed by atoms with Gasteiger partial charge in [0.1, 0.15) is 5.75 Å². The number of hydrogen-bond donors (Lipinski definition) is 0. The Morgan fingerprint density at radius 3 is 2.86 bits per heavy atom. The first-order valence-electron chi connectivity index (χ1n) is 9.99. The number of aromatic nitrogens is 1. The number of methoxy groups -OCH3 is 1. The van der Waals surface area contributed by atoms with E-state index in [-0.39, 0.29) is 0 Å². The number of aryl methyl sites for hydroxylation is 3. The summed E-state index contributed by atoms with van der Waals surface area (Å²) in [6.07, 6.45) is 3.95. The number of pyridine rings is 1. The summed E-state index contributed by atoms with van der Waals surface area (Å²) in [4.78, 5) is 5.01. The van der Waals surface area contributed by atoms with Crippen molar-refractivity contribution in [2.24, 2.45) is 0 Å². The summed E-state index contributed by atoms with van der Waals surface area (Å²) in [6.45, 7) is 5.81. The monoisotopic (exact) mass is 439 g/mol. The van der Waals surface area contributed by atoms with Crippen LogP contribution in [0.25, 0.3) is 22.0 Å². The summed E-state index contributed by atoms with van der Waals surface area (Å²) in [5.74, 6) is 1.03. The molecule has 0 spiro atoms. The van der Waals surface area contributed by atoms with Crippen molar-refractivity contribution in [1.82, 2.24) is 4.98 Å². The van der Waals surface area contributed by atoms with Crippen molar-refractivity contribution in [2.75, 3.05) is 20.3 Å². The fourth-order valence-corrected chi connectivity index (χ4v) is 4.69. The van der Waals surface area contributed by atoms with Crippen molar-refractivity contribution >= 4 is 26.8 Å². The van der Waals surface area contributed by atoms with Crippen LogP contribution in [0.3, 0.4) is 0 Å². The molecular formula is C24H26BrNO2. The number of fused-ring (bicyclic) bond motifs is 2. The fourth-order valence-electron chi connectivity index (χ4n) is 4.18. The molecule has 0 saturated carbocycles. The number of halogens is 1. The van der Waals surface area contributed by atoms with Gasteiger partial charge in [-0.3, -0.25) is 4.98 Å². The Bertz CT molecular complexity index is 1030. The lowest BCUT2D eigenvalue weighted by atomic mass is 9.90. The Kier molecular flexibility index (Phi) is 5.70. The molecule has 0 unspecified atom stereocenters. The van der Waals surface area contributed by atoms with Crippen LogP contribution >= 0.6 is 15.9 Å². The van der Waals surface area contributed by atoms with Gasteiger partial charge in [-0.2, -0.15) is 0 Å². The highest BCUT2D eigenvalue weighted by Crippen LogP contribution is 2.39. The molecule has 3 nitrogen and oxygen atoms in total. The second-order valence-electron chi connectivity index (χ2n) is 7.38. The SMILES string of the molecule is CCc1cc(Br)cc2c(-c3ccc4c(c3)CCCO4)c(CCOC)c(C)nc12. The van der Waals surface area contributed by atoms with E-state index in [1.807, 2.05) is 0 Å². The Labute approximate surface area is 175 Å². The van der Waals surface area contributed by atoms with Crippen LogP contribution < -0.4 is 4.74 Å². The molecular weight excluding hydrogens is 414 g/mol. The summed E-state index contributed by atoms with van der Waals surface area (Å²) >= 11 is 3.71. The van der Waals surface area contributed by atoms with Crippen LogP contribution in [0.2, 0.25) is 0 Å². The number of ether oxygens (including phenoxy) is 2. The van der Waals surface area contributed by atoms with E-state index in [4.69, 9.17) is 14.5 Å². The minimum atomic E-state index is 0.684. The summed E-state index contributed by atoms with van der Waals surface area (Å²) in [7, 11) is 1.76. The third-order valence-electron chi connectivity index (χ3n) is 5.58. The van der Waals surface area contributed by atoms with Gasteiger partial charge in [-0.15, -0.1) is 0 Å². The molecule has 2 aromatic carbocycles. The van der Waals surface area contributed by atoms with Gasteiger partial charge >= 0.3 is 0 Å². The topological polar surface area (TPSA) is 31.4 Å². The molecule has 1 aliphatic rings. The van der Waals surface area contributed by atoms with Gasteiger partial charge in [0.25, 0.3) is 0 Å². The van der Waals surface area contributed by atoms with E-state index in [1.54, 1.807) is 7.11 Å². The normalized spacial score (nSPS) is 13.4. The van der Waals surface area contributed by atoms with E-state index in [2.05, 4.69) is 60.1 Å². The molecule has 0 atom stereocenters. The highest BCUT2D eigenvalue weighted by Gasteiger charge is 2.19. The van der Waals surface area contributed by atoms with Gasteiger partial charge in [0.15, 0.2) is 0 Å². The standard InChI is InChI=1S/C24H26BrNO2/c1-4-16-13-19(25)14-21-23(20(9-11-27-3)15(2)26-24(16)21)18-7-8-22-17(12-18)6-5-10-28-22/h7-8,12-14H,4-6,9-11H2,1-3H3. The number of rotatable bonds is 5. The maximum Gasteiger partial charge on any atom is 0.122 e. The van der Waals surface area contributed by atoms with Crippen LogP contribution in [0.1, 0.15) is 35.7 Å². The number of hydrogen-bond acceptors (Lipinski definition) is 3. The van der Waals surface area contributed by atoms with Gasteiger partial charge in [-0.1, -0.05) is 28.9 Å². The van der Waals surface area contributed by atoms with E-state index in [0.717, 1.165) is 53.7 Å². The smallest absolute Gasteiger partial charge is 0.122 e. The minimum absolute atomic E-state index is 0.684. The largest absolute Gasteiger partial charge is 0.493 e. The predicted molar refractivity (Wildman–Crippen MR) is 118 cm³/mol. The van der Waals surface area contributed by atoms with E-state index < -0.39 is 0 Å². The Hall–Kier alpha value is -1.91. The van der Waals surface area contributed by atoms with Crippen molar-refractivity contribution in [3.05, 3.63) is 57.2 Å². The Balaban J connectivity index is 2.02. The molecule has 4 rings (SSSR count). The molecule has 3 aromatic rings. The van der Waals surface area contributed by atoms with Gasteiger partial charge < -0.3 is 9.47 Å². The van der Waals surface area contributed by atoms with Gasteiger partial charge in [0.05, 0.1) is 18.7 Å². The van der Waals surface area contributed by atoms with Crippen molar-refractivity contribution in [1.29, 1.82) is 0 Å². The lowest BCUT2D eigenvalue weighted by molar-refractivity contribution is 0.202. The summed E-state index contributed by atoms with van der Waals surface area (Å²) in [5.41, 5.74) is 8.56. The van der Waals surface area contributed by atoms with Crippen LogP contribution in [-0.2, 0) is 24.0 Å². The second-order valence-corrected chi connectivity index (χ2v) is 8.30. The molecule has 0 amide bonds. The molecule has 4 heteroatoms. The van der Waals surface area contributed by atoms with E-state index >= 15 is 0 Å². The zero-order chi connectivity index (χ0) is 19.7.